The molecule has 0 fully saturated rings. The first-order valence-corrected chi connectivity index (χ1v) is 9.18. The van der Waals surface area contributed by atoms with Gasteiger partial charge in [-0.2, -0.15) is 4.98 Å². The number of amides is 1. The summed E-state index contributed by atoms with van der Waals surface area (Å²) in [5.41, 5.74) is 1.56. The van der Waals surface area contributed by atoms with Gasteiger partial charge in [0.15, 0.2) is 18.1 Å². The highest BCUT2D eigenvalue weighted by Crippen LogP contribution is 2.27. The molecular formula is C19H15FN4O3S. The van der Waals surface area contributed by atoms with E-state index in [1.165, 1.54) is 30.6 Å². The Kier molecular flexibility index (Phi) is 4.90. The van der Waals surface area contributed by atoms with Crippen LogP contribution < -0.4 is 14.8 Å². The van der Waals surface area contributed by atoms with Gasteiger partial charge in [-0.25, -0.2) is 8.91 Å². The third-order valence-corrected chi connectivity index (χ3v) is 4.72. The minimum absolute atomic E-state index is 0.170. The van der Waals surface area contributed by atoms with Gasteiger partial charge in [0.1, 0.15) is 5.82 Å². The summed E-state index contributed by atoms with van der Waals surface area (Å²) in [6.07, 6.45) is 0. The van der Waals surface area contributed by atoms with Gasteiger partial charge in [0, 0.05) is 10.9 Å². The number of halogens is 1. The van der Waals surface area contributed by atoms with Gasteiger partial charge in [0.05, 0.1) is 12.8 Å². The van der Waals surface area contributed by atoms with Gasteiger partial charge in [-0.1, -0.05) is 12.1 Å². The minimum atomic E-state index is -0.396. The maximum atomic E-state index is 13.1. The van der Waals surface area contributed by atoms with E-state index in [9.17, 15) is 9.18 Å². The molecule has 142 valence electrons. The van der Waals surface area contributed by atoms with Gasteiger partial charge in [-0.15, -0.1) is 16.4 Å². The fourth-order valence-electron chi connectivity index (χ4n) is 2.60. The maximum Gasteiger partial charge on any atom is 0.264 e. The number of carbonyl (C=O) groups is 1. The third-order valence-electron chi connectivity index (χ3n) is 3.90. The van der Waals surface area contributed by atoms with Crippen molar-refractivity contribution in [2.75, 3.05) is 19.0 Å². The van der Waals surface area contributed by atoms with Crippen LogP contribution >= 0.6 is 11.3 Å². The van der Waals surface area contributed by atoms with E-state index in [1.54, 1.807) is 34.8 Å². The minimum Gasteiger partial charge on any atom is -0.493 e. The monoisotopic (exact) mass is 398 g/mol. The molecule has 0 saturated heterocycles. The smallest absolute Gasteiger partial charge is 0.264 e. The summed E-state index contributed by atoms with van der Waals surface area (Å²) in [6.45, 7) is -0.210. The van der Waals surface area contributed by atoms with E-state index in [2.05, 4.69) is 15.4 Å². The van der Waals surface area contributed by atoms with Crippen molar-refractivity contribution in [2.45, 2.75) is 0 Å². The Morgan fingerprint density at radius 3 is 2.68 bits per heavy atom. The van der Waals surface area contributed by atoms with E-state index in [0.29, 0.717) is 16.5 Å². The molecule has 7 nitrogen and oxygen atoms in total. The normalized spacial score (nSPS) is 10.8. The molecular weight excluding hydrogens is 383 g/mol. The van der Waals surface area contributed by atoms with E-state index < -0.39 is 5.91 Å². The molecule has 0 aliphatic carbocycles. The van der Waals surface area contributed by atoms with Crippen LogP contribution in [0.4, 0.5) is 10.3 Å². The molecule has 9 heteroatoms. The number of para-hydroxylation sites is 2. The number of hydrogen-bond donors (Lipinski definition) is 1. The SMILES string of the molecule is COc1ccccc1OCC(=O)Nc1nc2scc(-c3ccc(F)cc3)n2n1. The topological polar surface area (TPSA) is 77.8 Å². The first-order chi connectivity index (χ1) is 13.6. The highest BCUT2D eigenvalue weighted by Gasteiger charge is 2.14. The number of hydrogen-bond acceptors (Lipinski definition) is 6. The molecule has 1 N–H and O–H groups in total. The van der Waals surface area contributed by atoms with Gasteiger partial charge in [-0.05, 0) is 36.4 Å². The first kappa shape index (κ1) is 17.9. The summed E-state index contributed by atoms with van der Waals surface area (Å²) in [7, 11) is 1.53. The van der Waals surface area contributed by atoms with Crippen molar-refractivity contribution in [2.24, 2.45) is 0 Å². The number of thiazole rings is 1. The number of ether oxygens (including phenoxy) is 2. The number of carbonyl (C=O) groups excluding carboxylic acids is 1. The second-order valence-electron chi connectivity index (χ2n) is 5.75. The summed E-state index contributed by atoms with van der Waals surface area (Å²) >= 11 is 1.37. The highest BCUT2D eigenvalue weighted by atomic mass is 32.1. The standard InChI is InChI=1S/C19H15FN4O3S/c1-26-15-4-2-3-5-16(15)27-10-17(25)21-18-22-19-24(23-18)14(11-28-19)12-6-8-13(20)9-7-12/h2-9,11H,10H2,1H3,(H,21,23,25). The largest absolute Gasteiger partial charge is 0.493 e. The predicted octanol–water partition coefficient (Wildman–Crippen LogP) is 3.62. The van der Waals surface area contributed by atoms with E-state index >= 15 is 0 Å². The number of rotatable bonds is 6. The second-order valence-corrected chi connectivity index (χ2v) is 6.58. The van der Waals surface area contributed by atoms with Crippen LogP contribution in [0.3, 0.4) is 0 Å². The van der Waals surface area contributed by atoms with Crippen molar-refractivity contribution in [1.29, 1.82) is 0 Å². The average molecular weight is 398 g/mol. The van der Waals surface area contributed by atoms with Crippen LogP contribution in [0, 0.1) is 5.82 Å². The lowest BCUT2D eigenvalue weighted by molar-refractivity contribution is -0.118. The quantitative estimate of drug-likeness (QED) is 0.537. The molecule has 0 saturated carbocycles. The van der Waals surface area contributed by atoms with Crippen molar-refractivity contribution in [3.63, 3.8) is 0 Å². The highest BCUT2D eigenvalue weighted by molar-refractivity contribution is 7.15. The van der Waals surface area contributed by atoms with Crippen molar-refractivity contribution < 1.29 is 18.7 Å². The first-order valence-electron chi connectivity index (χ1n) is 8.30. The van der Waals surface area contributed by atoms with Crippen molar-refractivity contribution in [3.05, 3.63) is 59.7 Å². The van der Waals surface area contributed by atoms with E-state index in [-0.39, 0.29) is 18.4 Å². The van der Waals surface area contributed by atoms with Gasteiger partial charge in [0.2, 0.25) is 4.96 Å². The Labute approximate surface area is 163 Å². The number of anilines is 1. The van der Waals surface area contributed by atoms with Gasteiger partial charge >= 0.3 is 0 Å². The Balaban J connectivity index is 1.46. The lowest BCUT2D eigenvalue weighted by Crippen LogP contribution is -2.21. The molecule has 4 aromatic rings. The predicted molar refractivity (Wildman–Crippen MR) is 103 cm³/mol. The molecule has 0 radical (unpaired) electrons. The van der Waals surface area contributed by atoms with E-state index in [4.69, 9.17) is 9.47 Å². The number of fused-ring (bicyclic) bond motifs is 1. The number of nitrogens with one attached hydrogen (secondary N) is 1. The van der Waals surface area contributed by atoms with Gasteiger partial charge in [0.25, 0.3) is 11.9 Å². The molecule has 1 amide bonds. The molecule has 0 atom stereocenters. The molecule has 0 aliphatic heterocycles. The van der Waals surface area contributed by atoms with Crippen molar-refractivity contribution in [1.82, 2.24) is 14.6 Å². The van der Waals surface area contributed by atoms with Crippen LogP contribution in [0.2, 0.25) is 0 Å². The number of aromatic nitrogens is 3. The fraction of sp³-hybridized carbons (Fsp3) is 0.105. The number of benzene rings is 2. The third kappa shape index (κ3) is 3.65. The summed E-state index contributed by atoms with van der Waals surface area (Å²) in [5.74, 6) is 0.477. The van der Waals surface area contributed by atoms with Crippen LogP contribution in [0.15, 0.2) is 53.9 Å². The summed E-state index contributed by atoms with van der Waals surface area (Å²) < 4.78 is 25.4. The van der Waals surface area contributed by atoms with E-state index in [0.717, 1.165) is 11.3 Å². The van der Waals surface area contributed by atoms with Crippen molar-refractivity contribution in [3.8, 4) is 22.8 Å². The Hall–Kier alpha value is -3.46. The van der Waals surface area contributed by atoms with Crippen molar-refractivity contribution >= 4 is 28.2 Å². The molecule has 0 spiro atoms. The molecule has 0 unspecified atom stereocenters. The average Bonchev–Trinajstić information content (AvgIpc) is 3.27. The zero-order chi connectivity index (χ0) is 19.5. The van der Waals surface area contributed by atoms with Crippen LogP contribution in [0.1, 0.15) is 0 Å². The molecule has 0 aliphatic rings. The van der Waals surface area contributed by atoms with Crippen LogP contribution in [-0.2, 0) is 4.79 Å². The maximum absolute atomic E-state index is 13.1. The van der Waals surface area contributed by atoms with Crippen LogP contribution in [0.25, 0.3) is 16.2 Å². The van der Waals surface area contributed by atoms with Crippen LogP contribution in [0.5, 0.6) is 11.5 Å². The Bertz CT molecular complexity index is 1120. The molecule has 2 aromatic heterocycles. The number of methoxy groups -OCH3 is 1. The number of nitrogens with zero attached hydrogens (tertiary/aromatic N) is 3. The summed E-state index contributed by atoms with van der Waals surface area (Å²) in [4.78, 5) is 17.1. The lowest BCUT2D eigenvalue weighted by Gasteiger charge is -2.09. The molecule has 4 rings (SSSR count). The lowest BCUT2D eigenvalue weighted by atomic mass is 10.2. The zero-order valence-electron chi connectivity index (χ0n) is 14.8. The molecule has 2 heterocycles. The zero-order valence-corrected chi connectivity index (χ0v) is 15.6. The van der Waals surface area contributed by atoms with Gasteiger partial charge < -0.3 is 9.47 Å². The summed E-state index contributed by atoms with van der Waals surface area (Å²) in [6, 6.07) is 13.2. The molecule has 28 heavy (non-hydrogen) atoms. The van der Waals surface area contributed by atoms with E-state index in [1.807, 2.05) is 11.4 Å². The summed E-state index contributed by atoms with van der Waals surface area (Å²) in [5, 5.41) is 8.80. The van der Waals surface area contributed by atoms with Gasteiger partial charge in [-0.3, -0.25) is 10.1 Å². The Morgan fingerprint density at radius 1 is 1.18 bits per heavy atom. The van der Waals surface area contributed by atoms with Crippen LogP contribution in [-0.4, -0.2) is 34.2 Å². The molecule has 2 aromatic carbocycles. The Morgan fingerprint density at radius 2 is 1.93 bits per heavy atom. The second kappa shape index (κ2) is 7.65. The molecule has 0 bridgehead atoms. The fourth-order valence-corrected chi connectivity index (χ4v) is 3.43.